The summed E-state index contributed by atoms with van der Waals surface area (Å²) < 4.78 is 23.4. The van der Waals surface area contributed by atoms with Gasteiger partial charge in [0.15, 0.2) is 0 Å². The number of amidine groups is 1. The van der Waals surface area contributed by atoms with Crippen molar-refractivity contribution in [2.75, 3.05) is 13.3 Å². The summed E-state index contributed by atoms with van der Waals surface area (Å²) in [5.74, 6) is -0.0598. The second-order valence-corrected chi connectivity index (χ2v) is 5.19. The Morgan fingerprint density at radius 3 is 2.08 bits per heavy atom. The predicted molar refractivity (Wildman–Crippen MR) is 46.5 cm³/mol. The van der Waals surface area contributed by atoms with Gasteiger partial charge in [0.25, 0.3) is 0 Å². The Hall–Kier alpha value is -0.620. The Morgan fingerprint density at radius 1 is 1.58 bits per heavy atom. The number of hydrogen-bond donors (Lipinski definition) is 2. The molecule has 0 aromatic rings. The summed E-state index contributed by atoms with van der Waals surface area (Å²) in [6, 6.07) is 0. The highest BCUT2D eigenvalue weighted by Gasteiger charge is 2.52. The van der Waals surface area contributed by atoms with Crippen LogP contribution >= 0.6 is 0 Å². The highest BCUT2D eigenvalue weighted by Crippen LogP contribution is 2.41. The average Bonchev–Trinajstić information content (AvgIpc) is 2.62. The number of likely N-dealkylation sites (N-methyl/N-ethyl adjacent to an activating group) is 1. The van der Waals surface area contributed by atoms with Gasteiger partial charge in [-0.3, -0.25) is 5.41 Å². The maximum atomic E-state index is 11.1. The van der Waals surface area contributed by atoms with E-state index in [4.69, 9.17) is 11.1 Å². The van der Waals surface area contributed by atoms with Crippen LogP contribution in [0.2, 0.25) is 0 Å². The molecule has 0 amide bonds. The van der Waals surface area contributed by atoms with Crippen LogP contribution in [0.4, 0.5) is 0 Å². The normalized spacial score (nSPS) is 20.9. The van der Waals surface area contributed by atoms with Crippen molar-refractivity contribution in [1.82, 2.24) is 4.31 Å². The largest absolute Gasteiger partial charge is 0.386 e. The van der Waals surface area contributed by atoms with Crippen molar-refractivity contribution in [2.45, 2.75) is 18.4 Å². The van der Waals surface area contributed by atoms with Gasteiger partial charge in [0, 0.05) is 7.05 Å². The fraction of sp³-hybridized carbons (Fsp3) is 0.833. The summed E-state index contributed by atoms with van der Waals surface area (Å²) >= 11 is 0. The van der Waals surface area contributed by atoms with Crippen molar-refractivity contribution in [2.24, 2.45) is 5.73 Å². The maximum Gasteiger partial charge on any atom is 0.211 e. The van der Waals surface area contributed by atoms with Gasteiger partial charge in [-0.15, -0.1) is 0 Å². The SMILES string of the molecule is CN(C1(C(=N)N)CC1)S(C)(=O)=O. The third-order valence-electron chi connectivity index (χ3n) is 2.33. The summed E-state index contributed by atoms with van der Waals surface area (Å²) in [5, 5.41) is 7.24. The molecule has 0 aromatic carbocycles. The molecule has 1 aliphatic rings. The van der Waals surface area contributed by atoms with Crippen molar-refractivity contribution in [3.05, 3.63) is 0 Å². The van der Waals surface area contributed by atoms with Crippen LogP contribution in [0.5, 0.6) is 0 Å². The topological polar surface area (TPSA) is 87.2 Å². The first-order valence-corrected chi connectivity index (χ1v) is 5.44. The molecule has 1 saturated carbocycles. The van der Waals surface area contributed by atoms with Gasteiger partial charge in [-0.2, -0.15) is 4.31 Å². The minimum Gasteiger partial charge on any atom is -0.386 e. The van der Waals surface area contributed by atoms with E-state index in [1.807, 2.05) is 0 Å². The summed E-state index contributed by atoms with van der Waals surface area (Å²) in [6.07, 6.45) is 2.44. The molecule has 70 valence electrons. The van der Waals surface area contributed by atoms with Crippen LogP contribution < -0.4 is 5.73 Å². The molecule has 3 N–H and O–H groups in total. The molecule has 0 saturated heterocycles. The Morgan fingerprint density at radius 2 is 2.00 bits per heavy atom. The first-order valence-electron chi connectivity index (χ1n) is 3.59. The smallest absolute Gasteiger partial charge is 0.211 e. The summed E-state index contributed by atoms with van der Waals surface area (Å²) in [7, 11) is -1.77. The molecule has 0 aliphatic heterocycles. The summed E-state index contributed by atoms with van der Waals surface area (Å²) in [6.45, 7) is 0. The summed E-state index contributed by atoms with van der Waals surface area (Å²) in [5.41, 5.74) is 4.61. The number of nitrogens with two attached hydrogens (primary N) is 1. The number of nitrogens with one attached hydrogen (secondary N) is 1. The molecule has 1 rings (SSSR count). The van der Waals surface area contributed by atoms with Gasteiger partial charge in [-0.25, -0.2) is 8.42 Å². The molecule has 12 heavy (non-hydrogen) atoms. The molecule has 5 nitrogen and oxygen atoms in total. The second kappa shape index (κ2) is 2.43. The van der Waals surface area contributed by atoms with Crippen molar-refractivity contribution < 1.29 is 8.42 Å². The van der Waals surface area contributed by atoms with Crippen LogP contribution in [-0.2, 0) is 10.0 Å². The van der Waals surface area contributed by atoms with Crippen LogP contribution in [0.1, 0.15) is 12.8 Å². The Bertz CT molecular complexity index is 305. The standard InChI is InChI=1S/C6H13N3O2S/c1-9(12(2,10)11)6(3-4-6)5(7)8/h3-4H2,1-2H3,(H3,7,8). The lowest BCUT2D eigenvalue weighted by molar-refractivity contribution is 0.422. The summed E-state index contributed by atoms with van der Waals surface area (Å²) in [4.78, 5) is 0. The minimum atomic E-state index is -3.23. The van der Waals surface area contributed by atoms with Crippen molar-refractivity contribution in [3.63, 3.8) is 0 Å². The van der Waals surface area contributed by atoms with E-state index in [-0.39, 0.29) is 5.84 Å². The molecule has 0 atom stereocenters. The lowest BCUT2D eigenvalue weighted by atomic mass is 10.2. The number of nitrogens with zero attached hydrogens (tertiary/aromatic N) is 1. The van der Waals surface area contributed by atoms with Crippen LogP contribution in [0.25, 0.3) is 0 Å². The molecular formula is C6H13N3O2S. The fourth-order valence-corrected chi connectivity index (χ4v) is 2.11. The third kappa shape index (κ3) is 1.32. The van der Waals surface area contributed by atoms with E-state index in [0.717, 1.165) is 6.26 Å². The molecular weight excluding hydrogens is 178 g/mol. The predicted octanol–water partition coefficient (Wildman–Crippen LogP) is -0.654. The van der Waals surface area contributed by atoms with E-state index in [1.165, 1.54) is 11.4 Å². The third-order valence-corrected chi connectivity index (χ3v) is 3.67. The zero-order valence-electron chi connectivity index (χ0n) is 7.16. The van der Waals surface area contributed by atoms with E-state index in [9.17, 15) is 8.42 Å². The number of hydrogen-bond acceptors (Lipinski definition) is 3. The Balaban J connectivity index is 2.92. The van der Waals surface area contributed by atoms with Crippen LogP contribution in [0.3, 0.4) is 0 Å². The first kappa shape index (κ1) is 9.47. The monoisotopic (exact) mass is 191 g/mol. The minimum absolute atomic E-state index is 0.0598. The van der Waals surface area contributed by atoms with Gasteiger partial charge < -0.3 is 5.73 Å². The van der Waals surface area contributed by atoms with Gasteiger partial charge in [-0.1, -0.05) is 0 Å². The van der Waals surface area contributed by atoms with E-state index < -0.39 is 15.6 Å². The van der Waals surface area contributed by atoms with E-state index in [1.54, 1.807) is 0 Å². The van der Waals surface area contributed by atoms with Gasteiger partial charge in [0.2, 0.25) is 10.0 Å². The quantitative estimate of drug-likeness (QED) is 0.459. The van der Waals surface area contributed by atoms with E-state index in [2.05, 4.69) is 0 Å². The van der Waals surface area contributed by atoms with Gasteiger partial charge in [-0.05, 0) is 12.8 Å². The van der Waals surface area contributed by atoms with Crippen molar-refractivity contribution >= 4 is 15.9 Å². The molecule has 0 bridgehead atoms. The Kier molecular flexibility index (Phi) is 1.92. The Labute approximate surface area is 72.1 Å². The van der Waals surface area contributed by atoms with Crippen LogP contribution in [0.15, 0.2) is 0 Å². The number of rotatable bonds is 3. The van der Waals surface area contributed by atoms with Crippen LogP contribution in [0, 0.1) is 5.41 Å². The zero-order valence-corrected chi connectivity index (χ0v) is 7.98. The molecule has 0 spiro atoms. The van der Waals surface area contributed by atoms with Gasteiger partial charge in [0.05, 0.1) is 11.8 Å². The van der Waals surface area contributed by atoms with Crippen molar-refractivity contribution in [1.29, 1.82) is 5.41 Å². The first-order chi connectivity index (χ1) is 5.31. The van der Waals surface area contributed by atoms with Crippen LogP contribution in [-0.4, -0.2) is 37.4 Å². The van der Waals surface area contributed by atoms with Gasteiger partial charge in [0.1, 0.15) is 5.84 Å². The maximum absolute atomic E-state index is 11.1. The average molecular weight is 191 g/mol. The van der Waals surface area contributed by atoms with E-state index >= 15 is 0 Å². The van der Waals surface area contributed by atoms with E-state index in [0.29, 0.717) is 12.8 Å². The molecule has 1 fully saturated rings. The lowest BCUT2D eigenvalue weighted by Gasteiger charge is -2.24. The number of sulfonamides is 1. The zero-order chi connectivity index (χ0) is 9.57. The second-order valence-electron chi connectivity index (χ2n) is 3.18. The molecule has 0 aromatic heterocycles. The fourth-order valence-electron chi connectivity index (χ4n) is 1.19. The lowest BCUT2D eigenvalue weighted by Crippen LogP contribution is -2.47. The highest BCUT2D eigenvalue weighted by atomic mass is 32.2. The van der Waals surface area contributed by atoms with Gasteiger partial charge >= 0.3 is 0 Å². The molecule has 0 radical (unpaired) electrons. The highest BCUT2D eigenvalue weighted by molar-refractivity contribution is 7.88. The molecule has 6 heteroatoms. The molecule has 0 unspecified atom stereocenters. The molecule has 1 aliphatic carbocycles. The van der Waals surface area contributed by atoms with Crippen molar-refractivity contribution in [3.8, 4) is 0 Å². The molecule has 0 heterocycles.